The average Bonchev–Trinajstić information content (AvgIpc) is 3.26. The lowest BCUT2D eigenvalue weighted by atomic mass is 9.99. The number of benzene rings is 5. The van der Waals surface area contributed by atoms with Gasteiger partial charge in [-0.2, -0.15) is 0 Å². The summed E-state index contributed by atoms with van der Waals surface area (Å²) in [4.78, 5) is 32.6. The maximum absolute atomic E-state index is 13.4. The third-order valence-corrected chi connectivity index (χ3v) is 13.0. The van der Waals surface area contributed by atoms with Crippen LogP contribution in [0.4, 0.5) is 17.1 Å². The number of ether oxygens (including phenoxy) is 1. The second-order valence-electron chi connectivity index (χ2n) is 14.4. The highest BCUT2D eigenvalue weighted by Gasteiger charge is 2.26. The van der Waals surface area contributed by atoms with Crippen LogP contribution < -0.4 is 14.9 Å². The van der Waals surface area contributed by atoms with Gasteiger partial charge >= 0.3 is 0 Å². The second-order valence-corrected chi connectivity index (χ2v) is 17.2. The molecule has 1 amide bonds. The van der Waals surface area contributed by atoms with Gasteiger partial charge in [-0.1, -0.05) is 72.8 Å². The monoisotopic (exact) mass is 820 g/mol. The van der Waals surface area contributed by atoms with Crippen LogP contribution in [0.25, 0.3) is 11.1 Å². The first kappa shape index (κ1) is 40.9. The SMILES string of the molecule is O=C(NS(=O)(=O)c1ccc(N[C@H](CCN2CCOCC2)CSc2ccccc2)c([N+](=O)[O-])c1)c1ccc(N2CCN(Cc3ccccc3-c3ccccc3)CC2)cc1. The Morgan fingerprint density at radius 3 is 2.17 bits per heavy atom. The Morgan fingerprint density at radius 2 is 1.47 bits per heavy atom. The Morgan fingerprint density at radius 1 is 0.793 bits per heavy atom. The third-order valence-electron chi connectivity index (χ3n) is 10.5. The molecule has 0 aliphatic carbocycles. The minimum absolute atomic E-state index is 0.150. The highest BCUT2D eigenvalue weighted by molar-refractivity contribution is 7.99. The highest BCUT2D eigenvalue weighted by atomic mass is 32.2. The number of carbonyl (C=O) groups is 1. The Balaban J connectivity index is 0.960. The number of hydrogen-bond acceptors (Lipinski definition) is 11. The fourth-order valence-corrected chi connectivity index (χ4v) is 9.26. The molecule has 2 aliphatic rings. The summed E-state index contributed by atoms with van der Waals surface area (Å²) in [6.07, 6.45) is 0.715. The van der Waals surface area contributed by atoms with Gasteiger partial charge in [0.25, 0.3) is 21.6 Å². The van der Waals surface area contributed by atoms with Crippen LogP contribution in [0.1, 0.15) is 22.3 Å². The molecule has 12 nitrogen and oxygen atoms in total. The number of nitrogens with zero attached hydrogens (tertiary/aromatic N) is 4. The molecule has 5 aromatic carbocycles. The van der Waals surface area contributed by atoms with Crippen molar-refractivity contribution in [3.05, 3.63) is 149 Å². The molecule has 0 unspecified atom stereocenters. The number of hydrogen-bond donors (Lipinski definition) is 2. The standard InChI is InChI=1S/C44H48N6O6S2/c51-44(35-15-17-38(18-16-35)49-25-23-48(24-26-49)32-36-11-7-8-14-41(36)34-9-3-1-4-10-34)46-58(54,55)40-19-20-42(43(31-40)50(52)53)45-37(21-22-47-27-29-56-30-28-47)33-57-39-12-5-2-6-13-39/h1-20,31,37,45H,21-30,32-33H2,(H,46,51)/t37-/m1/s1. The lowest BCUT2D eigenvalue weighted by Crippen LogP contribution is -2.46. The van der Waals surface area contributed by atoms with Gasteiger partial charge in [-0.3, -0.25) is 24.7 Å². The molecule has 2 aliphatic heterocycles. The highest BCUT2D eigenvalue weighted by Crippen LogP contribution is 2.31. The molecule has 5 aromatic rings. The van der Waals surface area contributed by atoms with Crippen LogP contribution in [-0.2, 0) is 21.3 Å². The largest absolute Gasteiger partial charge is 0.379 e. The molecule has 0 spiro atoms. The van der Waals surface area contributed by atoms with Crippen LogP contribution in [0, 0.1) is 10.1 Å². The molecular formula is C44H48N6O6S2. The summed E-state index contributed by atoms with van der Waals surface area (Å²) >= 11 is 1.65. The lowest BCUT2D eigenvalue weighted by molar-refractivity contribution is -0.384. The fourth-order valence-electron chi connectivity index (χ4n) is 7.27. The summed E-state index contributed by atoms with van der Waals surface area (Å²) in [5.74, 6) is -0.180. The van der Waals surface area contributed by atoms with E-state index in [1.54, 1.807) is 23.9 Å². The maximum Gasteiger partial charge on any atom is 0.293 e. The lowest BCUT2D eigenvalue weighted by Gasteiger charge is -2.36. The van der Waals surface area contributed by atoms with Crippen molar-refractivity contribution in [2.24, 2.45) is 0 Å². The molecule has 0 bridgehead atoms. The van der Waals surface area contributed by atoms with Crippen molar-refractivity contribution in [1.29, 1.82) is 0 Å². The van der Waals surface area contributed by atoms with Gasteiger partial charge in [0.05, 0.1) is 23.0 Å². The van der Waals surface area contributed by atoms with Gasteiger partial charge in [0.1, 0.15) is 5.69 Å². The van der Waals surface area contributed by atoms with Crippen LogP contribution in [-0.4, -0.2) is 99.9 Å². The van der Waals surface area contributed by atoms with E-state index in [1.165, 1.54) is 28.8 Å². The number of anilines is 2. The van der Waals surface area contributed by atoms with Crippen molar-refractivity contribution in [1.82, 2.24) is 14.5 Å². The van der Waals surface area contributed by atoms with Crippen molar-refractivity contribution in [3.63, 3.8) is 0 Å². The molecule has 2 fully saturated rings. The van der Waals surface area contributed by atoms with Crippen LogP contribution in [0.2, 0.25) is 0 Å². The number of nitro benzene ring substituents is 1. The van der Waals surface area contributed by atoms with Gasteiger partial charge in [-0.25, -0.2) is 13.1 Å². The van der Waals surface area contributed by atoms with E-state index in [0.29, 0.717) is 25.4 Å². The number of thioether (sulfide) groups is 1. The topological polar surface area (TPSA) is 137 Å². The second kappa shape index (κ2) is 19.5. The molecule has 2 saturated heterocycles. The zero-order valence-corrected chi connectivity index (χ0v) is 33.9. The van der Waals surface area contributed by atoms with E-state index in [2.05, 4.69) is 73.3 Å². The number of sulfonamides is 1. The smallest absolute Gasteiger partial charge is 0.293 e. The van der Waals surface area contributed by atoms with E-state index < -0.39 is 20.9 Å². The van der Waals surface area contributed by atoms with Crippen molar-refractivity contribution in [2.75, 3.05) is 75.0 Å². The van der Waals surface area contributed by atoms with E-state index in [1.807, 2.05) is 48.5 Å². The van der Waals surface area contributed by atoms with E-state index >= 15 is 0 Å². The normalized spacial score (nSPS) is 15.8. The molecular weight excluding hydrogens is 773 g/mol. The van der Waals surface area contributed by atoms with Crippen molar-refractivity contribution < 1.29 is 22.9 Å². The van der Waals surface area contributed by atoms with Crippen LogP contribution in [0.3, 0.4) is 0 Å². The van der Waals surface area contributed by atoms with Crippen LogP contribution >= 0.6 is 11.8 Å². The van der Waals surface area contributed by atoms with Gasteiger partial charge in [-0.05, 0) is 71.6 Å². The molecule has 0 radical (unpaired) electrons. The predicted octanol–water partition coefficient (Wildman–Crippen LogP) is 7.00. The zero-order valence-electron chi connectivity index (χ0n) is 32.2. The molecule has 0 saturated carbocycles. The van der Waals surface area contributed by atoms with Gasteiger partial charge in [0, 0.05) is 86.4 Å². The molecule has 14 heteroatoms. The minimum Gasteiger partial charge on any atom is -0.379 e. The Bertz CT molecular complexity index is 2250. The van der Waals surface area contributed by atoms with Crippen LogP contribution in [0.15, 0.2) is 137 Å². The molecule has 2 heterocycles. The van der Waals surface area contributed by atoms with Gasteiger partial charge < -0.3 is 15.0 Å². The molecule has 2 N–H and O–H groups in total. The molecule has 7 rings (SSSR count). The quantitative estimate of drug-likeness (QED) is 0.0605. The van der Waals surface area contributed by atoms with Gasteiger partial charge in [0.2, 0.25) is 0 Å². The summed E-state index contributed by atoms with van der Waals surface area (Å²) in [6, 6.07) is 39.2. The summed E-state index contributed by atoms with van der Waals surface area (Å²) in [5, 5.41) is 15.6. The summed E-state index contributed by atoms with van der Waals surface area (Å²) in [6.45, 7) is 7.96. The van der Waals surface area contributed by atoms with Gasteiger partial charge in [-0.15, -0.1) is 11.8 Å². The molecule has 1 atom stereocenters. The summed E-state index contributed by atoms with van der Waals surface area (Å²) in [5.41, 5.74) is 4.65. The Labute approximate surface area is 344 Å². The molecule has 0 aromatic heterocycles. The predicted molar refractivity (Wildman–Crippen MR) is 230 cm³/mol. The number of nitrogens with one attached hydrogen (secondary N) is 2. The summed E-state index contributed by atoms with van der Waals surface area (Å²) in [7, 11) is -4.43. The number of nitro groups is 1. The van der Waals surface area contributed by atoms with E-state index in [9.17, 15) is 23.3 Å². The number of amides is 1. The first-order valence-electron chi connectivity index (χ1n) is 19.5. The fraction of sp³-hybridized carbons (Fsp3) is 0.295. The van der Waals surface area contributed by atoms with E-state index in [-0.39, 0.29) is 27.9 Å². The van der Waals surface area contributed by atoms with E-state index in [4.69, 9.17) is 4.74 Å². The average molecular weight is 821 g/mol. The molecule has 302 valence electrons. The first-order chi connectivity index (χ1) is 28.2. The van der Waals surface area contributed by atoms with Crippen molar-refractivity contribution in [2.45, 2.75) is 28.8 Å². The third kappa shape index (κ3) is 10.8. The minimum atomic E-state index is -4.43. The number of piperazine rings is 1. The number of carbonyl (C=O) groups excluding carboxylic acids is 1. The number of morpholine rings is 1. The van der Waals surface area contributed by atoms with Gasteiger partial charge in [0.15, 0.2) is 0 Å². The Kier molecular flexibility index (Phi) is 13.7. The Hall–Kier alpha value is -5.25. The van der Waals surface area contributed by atoms with Crippen molar-refractivity contribution in [3.8, 4) is 11.1 Å². The first-order valence-corrected chi connectivity index (χ1v) is 22.0. The van der Waals surface area contributed by atoms with Crippen molar-refractivity contribution >= 4 is 44.8 Å². The summed E-state index contributed by atoms with van der Waals surface area (Å²) < 4.78 is 34.4. The maximum atomic E-state index is 13.4. The number of rotatable bonds is 16. The van der Waals surface area contributed by atoms with Crippen LogP contribution in [0.5, 0.6) is 0 Å². The zero-order chi connectivity index (χ0) is 40.3. The van der Waals surface area contributed by atoms with E-state index in [0.717, 1.165) is 69.0 Å². The molecule has 58 heavy (non-hydrogen) atoms.